The molecule has 24 heavy (non-hydrogen) atoms. The summed E-state index contributed by atoms with van der Waals surface area (Å²) >= 11 is 1.44. The molecule has 3 rings (SSSR count). The number of benzene rings is 2. The van der Waals surface area contributed by atoms with Gasteiger partial charge in [0.2, 0.25) is 5.91 Å². The maximum atomic E-state index is 12.5. The van der Waals surface area contributed by atoms with Crippen LogP contribution in [0.25, 0.3) is 11.0 Å². The molecule has 0 saturated carbocycles. The van der Waals surface area contributed by atoms with Gasteiger partial charge in [0.15, 0.2) is 5.16 Å². The van der Waals surface area contributed by atoms with Gasteiger partial charge in [-0.3, -0.25) is 4.79 Å². The van der Waals surface area contributed by atoms with E-state index in [1.54, 1.807) is 7.11 Å². The summed E-state index contributed by atoms with van der Waals surface area (Å²) in [6, 6.07) is 15.3. The molecule has 1 amide bonds. The average Bonchev–Trinajstić information content (AvgIpc) is 2.91. The van der Waals surface area contributed by atoms with E-state index in [2.05, 4.69) is 10.3 Å². The van der Waals surface area contributed by atoms with Gasteiger partial charge in [0.25, 0.3) is 0 Å². The molecule has 0 radical (unpaired) electrons. The standard InChI is InChI=1S/C18H19N3O2S/c1-12(17(22)19-14-9-5-7-11-16(14)23-3)24-18-20-13-8-4-6-10-15(13)21(18)2/h4-12H,1-3H3,(H,19,22). The lowest BCUT2D eigenvalue weighted by atomic mass is 10.3. The molecular formula is C18H19N3O2S. The van der Waals surface area contributed by atoms with Crippen molar-refractivity contribution in [2.24, 2.45) is 7.05 Å². The third-order valence-electron chi connectivity index (χ3n) is 3.76. The van der Waals surface area contributed by atoms with Gasteiger partial charge in [-0.25, -0.2) is 4.98 Å². The van der Waals surface area contributed by atoms with Crippen molar-refractivity contribution >= 4 is 34.4 Å². The van der Waals surface area contributed by atoms with Crippen LogP contribution in [0.15, 0.2) is 53.7 Å². The highest BCUT2D eigenvalue weighted by atomic mass is 32.2. The molecule has 0 bridgehead atoms. The first kappa shape index (κ1) is 16.4. The second kappa shape index (κ2) is 6.97. The van der Waals surface area contributed by atoms with Crippen molar-refractivity contribution in [3.63, 3.8) is 0 Å². The summed E-state index contributed by atoms with van der Waals surface area (Å²) in [5.74, 6) is 0.558. The van der Waals surface area contributed by atoms with Crippen LogP contribution in [0.3, 0.4) is 0 Å². The molecule has 0 aliphatic rings. The minimum absolute atomic E-state index is 0.0865. The van der Waals surface area contributed by atoms with Gasteiger partial charge >= 0.3 is 0 Å². The Labute approximate surface area is 145 Å². The number of aromatic nitrogens is 2. The van der Waals surface area contributed by atoms with Crippen LogP contribution in [0.2, 0.25) is 0 Å². The van der Waals surface area contributed by atoms with Crippen molar-refractivity contribution in [1.82, 2.24) is 9.55 Å². The highest BCUT2D eigenvalue weighted by molar-refractivity contribution is 8.00. The van der Waals surface area contributed by atoms with Gasteiger partial charge in [-0.15, -0.1) is 0 Å². The van der Waals surface area contributed by atoms with E-state index in [4.69, 9.17) is 4.74 Å². The number of nitrogens with one attached hydrogen (secondary N) is 1. The SMILES string of the molecule is COc1ccccc1NC(=O)C(C)Sc1nc2ccccc2n1C. The van der Waals surface area contributed by atoms with Crippen LogP contribution in [0, 0.1) is 0 Å². The zero-order chi connectivity index (χ0) is 17.1. The molecule has 124 valence electrons. The van der Waals surface area contributed by atoms with Crippen molar-refractivity contribution in [1.29, 1.82) is 0 Å². The molecule has 1 unspecified atom stereocenters. The number of rotatable bonds is 5. The molecule has 1 heterocycles. The molecule has 1 N–H and O–H groups in total. The summed E-state index contributed by atoms with van der Waals surface area (Å²) in [7, 11) is 3.55. The second-order valence-electron chi connectivity index (χ2n) is 5.39. The van der Waals surface area contributed by atoms with Crippen molar-refractivity contribution < 1.29 is 9.53 Å². The normalized spacial score (nSPS) is 12.1. The first-order valence-electron chi connectivity index (χ1n) is 7.62. The first-order valence-corrected chi connectivity index (χ1v) is 8.50. The fourth-order valence-corrected chi connectivity index (χ4v) is 3.31. The van der Waals surface area contributed by atoms with E-state index in [0.29, 0.717) is 11.4 Å². The van der Waals surface area contributed by atoms with E-state index < -0.39 is 0 Å². The third-order valence-corrected chi connectivity index (χ3v) is 4.91. The molecule has 2 aromatic carbocycles. The Bertz CT molecular complexity index is 876. The van der Waals surface area contributed by atoms with E-state index in [1.165, 1.54) is 11.8 Å². The fraction of sp³-hybridized carbons (Fsp3) is 0.222. The molecule has 0 saturated heterocycles. The van der Waals surface area contributed by atoms with E-state index in [0.717, 1.165) is 16.2 Å². The van der Waals surface area contributed by atoms with Crippen LogP contribution in [0.5, 0.6) is 5.75 Å². The molecule has 0 aliphatic heterocycles. The van der Waals surface area contributed by atoms with Gasteiger partial charge in [-0.05, 0) is 31.2 Å². The van der Waals surface area contributed by atoms with Crippen LogP contribution >= 0.6 is 11.8 Å². The minimum atomic E-state index is -0.287. The van der Waals surface area contributed by atoms with Gasteiger partial charge < -0.3 is 14.6 Å². The number of fused-ring (bicyclic) bond motifs is 1. The van der Waals surface area contributed by atoms with Crippen molar-refractivity contribution in [3.05, 3.63) is 48.5 Å². The lowest BCUT2D eigenvalue weighted by Gasteiger charge is -2.13. The number of carbonyl (C=O) groups excluding carboxylic acids is 1. The van der Waals surface area contributed by atoms with Gasteiger partial charge in [0.1, 0.15) is 5.75 Å². The largest absolute Gasteiger partial charge is 0.495 e. The lowest BCUT2D eigenvalue weighted by Crippen LogP contribution is -2.23. The van der Waals surface area contributed by atoms with Crippen LogP contribution in [0.1, 0.15) is 6.92 Å². The van der Waals surface area contributed by atoms with Crippen LogP contribution in [-0.2, 0) is 11.8 Å². The van der Waals surface area contributed by atoms with E-state index >= 15 is 0 Å². The fourth-order valence-electron chi connectivity index (χ4n) is 2.42. The number of amides is 1. The van der Waals surface area contributed by atoms with E-state index in [1.807, 2.05) is 67.1 Å². The van der Waals surface area contributed by atoms with Crippen LogP contribution in [0.4, 0.5) is 5.69 Å². The summed E-state index contributed by atoms with van der Waals surface area (Å²) < 4.78 is 7.27. The Morgan fingerprint density at radius 3 is 2.67 bits per heavy atom. The Morgan fingerprint density at radius 1 is 1.21 bits per heavy atom. The average molecular weight is 341 g/mol. The number of para-hydroxylation sites is 4. The summed E-state index contributed by atoms with van der Waals surface area (Å²) in [5.41, 5.74) is 2.65. The Hall–Kier alpha value is -2.47. The molecule has 0 spiro atoms. The Balaban J connectivity index is 1.75. The molecule has 1 aromatic heterocycles. The zero-order valence-corrected chi connectivity index (χ0v) is 14.6. The molecule has 0 fully saturated rings. The topological polar surface area (TPSA) is 56.1 Å². The number of hydrogen-bond donors (Lipinski definition) is 1. The molecule has 0 aliphatic carbocycles. The minimum Gasteiger partial charge on any atom is -0.495 e. The van der Waals surface area contributed by atoms with Crippen LogP contribution in [-0.4, -0.2) is 27.8 Å². The van der Waals surface area contributed by atoms with E-state index in [9.17, 15) is 4.79 Å². The second-order valence-corrected chi connectivity index (χ2v) is 6.70. The number of ether oxygens (including phenoxy) is 1. The summed E-state index contributed by atoms with van der Waals surface area (Å²) in [6.07, 6.45) is 0. The van der Waals surface area contributed by atoms with Crippen molar-refractivity contribution in [2.75, 3.05) is 12.4 Å². The maximum Gasteiger partial charge on any atom is 0.237 e. The predicted octanol–water partition coefficient (Wildman–Crippen LogP) is 3.70. The number of thioether (sulfide) groups is 1. The summed E-state index contributed by atoms with van der Waals surface area (Å²) in [5, 5.41) is 3.44. The molecular weight excluding hydrogens is 322 g/mol. The smallest absolute Gasteiger partial charge is 0.237 e. The number of anilines is 1. The van der Waals surface area contributed by atoms with Gasteiger partial charge in [0.05, 0.1) is 29.1 Å². The van der Waals surface area contributed by atoms with E-state index in [-0.39, 0.29) is 11.2 Å². The number of methoxy groups -OCH3 is 1. The predicted molar refractivity (Wildman–Crippen MR) is 97.7 cm³/mol. The molecule has 1 atom stereocenters. The number of hydrogen-bond acceptors (Lipinski definition) is 4. The number of nitrogens with zero attached hydrogens (tertiary/aromatic N) is 2. The lowest BCUT2D eigenvalue weighted by molar-refractivity contribution is -0.115. The van der Waals surface area contributed by atoms with Gasteiger partial charge in [0, 0.05) is 7.05 Å². The van der Waals surface area contributed by atoms with Crippen LogP contribution < -0.4 is 10.1 Å². The summed E-state index contributed by atoms with van der Waals surface area (Å²) in [4.78, 5) is 17.1. The van der Waals surface area contributed by atoms with Gasteiger partial charge in [-0.2, -0.15) is 0 Å². The Morgan fingerprint density at radius 2 is 1.92 bits per heavy atom. The number of aryl methyl sites for hydroxylation is 1. The monoisotopic (exact) mass is 341 g/mol. The number of imidazole rings is 1. The molecule has 5 nitrogen and oxygen atoms in total. The Kier molecular flexibility index (Phi) is 4.76. The highest BCUT2D eigenvalue weighted by Crippen LogP contribution is 2.28. The molecule has 6 heteroatoms. The summed E-state index contributed by atoms with van der Waals surface area (Å²) in [6.45, 7) is 1.87. The number of carbonyl (C=O) groups is 1. The molecule has 3 aromatic rings. The third kappa shape index (κ3) is 3.23. The maximum absolute atomic E-state index is 12.5. The zero-order valence-electron chi connectivity index (χ0n) is 13.8. The first-order chi connectivity index (χ1) is 11.6. The highest BCUT2D eigenvalue weighted by Gasteiger charge is 2.19. The van der Waals surface area contributed by atoms with Crippen molar-refractivity contribution in [2.45, 2.75) is 17.3 Å². The van der Waals surface area contributed by atoms with Gasteiger partial charge in [-0.1, -0.05) is 36.0 Å². The van der Waals surface area contributed by atoms with Crippen molar-refractivity contribution in [3.8, 4) is 5.75 Å². The quantitative estimate of drug-likeness (QED) is 0.719.